The lowest BCUT2D eigenvalue weighted by molar-refractivity contribution is -0.116. The molecule has 1 unspecified atom stereocenters. The van der Waals surface area contributed by atoms with E-state index < -0.39 is 0 Å². The van der Waals surface area contributed by atoms with Crippen molar-refractivity contribution in [1.82, 2.24) is 4.98 Å². The predicted octanol–water partition coefficient (Wildman–Crippen LogP) is 3.50. The van der Waals surface area contributed by atoms with Crippen molar-refractivity contribution in [2.24, 2.45) is 11.7 Å². The van der Waals surface area contributed by atoms with E-state index in [-0.39, 0.29) is 5.91 Å². The van der Waals surface area contributed by atoms with E-state index in [1.54, 1.807) is 11.3 Å². The highest BCUT2D eigenvalue weighted by Crippen LogP contribution is 2.23. The van der Waals surface area contributed by atoms with E-state index in [2.05, 4.69) is 24.1 Å². The zero-order chi connectivity index (χ0) is 15.0. The Morgan fingerprint density at radius 1 is 1.35 bits per heavy atom. The van der Waals surface area contributed by atoms with Crippen molar-refractivity contribution in [3.8, 4) is 0 Å². The molecule has 4 nitrogen and oxygen atoms in total. The highest BCUT2D eigenvalue weighted by atomic mass is 32.1. The van der Waals surface area contributed by atoms with Crippen LogP contribution < -0.4 is 11.1 Å². The van der Waals surface area contributed by atoms with Gasteiger partial charge in [0, 0.05) is 11.3 Å². The normalized spacial score (nSPS) is 12.4. The number of rotatable bonds is 9. The van der Waals surface area contributed by atoms with Crippen LogP contribution in [-0.4, -0.2) is 17.4 Å². The van der Waals surface area contributed by atoms with Gasteiger partial charge in [-0.2, -0.15) is 0 Å². The second kappa shape index (κ2) is 9.08. The minimum Gasteiger partial charge on any atom is -0.330 e. The summed E-state index contributed by atoms with van der Waals surface area (Å²) in [5, 5.41) is 3.65. The molecule has 0 fully saturated rings. The number of carbonyl (C=O) groups excluding carboxylic acids is 1. The van der Waals surface area contributed by atoms with Crippen molar-refractivity contribution in [3.63, 3.8) is 0 Å². The monoisotopic (exact) mass is 297 g/mol. The third-order valence-corrected chi connectivity index (χ3v) is 4.45. The molecule has 0 bridgehead atoms. The minimum atomic E-state index is 0.0690. The number of aryl methyl sites for hydroxylation is 2. The molecule has 114 valence electrons. The summed E-state index contributed by atoms with van der Waals surface area (Å²) in [7, 11) is 0. The Morgan fingerprint density at radius 3 is 2.65 bits per heavy atom. The Kier molecular flexibility index (Phi) is 7.77. The molecule has 0 aliphatic rings. The average Bonchev–Trinajstić information content (AvgIpc) is 2.76. The number of aromatic nitrogens is 1. The molecule has 1 atom stereocenters. The third kappa shape index (κ3) is 5.59. The molecule has 5 heteroatoms. The maximum Gasteiger partial charge on any atom is 0.226 e. The van der Waals surface area contributed by atoms with E-state index in [9.17, 15) is 4.79 Å². The SMILES string of the molecule is CCCC(CCN)CCC(=O)Nc1nc(CC)c(C)s1. The van der Waals surface area contributed by atoms with Crippen LogP contribution in [0.1, 0.15) is 56.5 Å². The van der Waals surface area contributed by atoms with E-state index in [1.165, 1.54) is 4.88 Å². The molecule has 0 aliphatic heterocycles. The number of hydrogen-bond donors (Lipinski definition) is 2. The van der Waals surface area contributed by atoms with Gasteiger partial charge in [-0.15, -0.1) is 11.3 Å². The van der Waals surface area contributed by atoms with Gasteiger partial charge in [-0.05, 0) is 38.6 Å². The number of nitrogens with one attached hydrogen (secondary N) is 1. The summed E-state index contributed by atoms with van der Waals surface area (Å²) in [5.41, 5.74) is 6.70. The first-order valence-corrected chi connectivity index (χ1v) is 8.38. The number of amides is 1. The summed E-state index contributed by atoms with van der Waals surface area (Å²) in [6, 6.07) is 0. The molecule has 0 aliphatic carbocycles. The second-order valence-corrected chi connectivity index (χ2v) is 6.40. The lowest BCUT2D eigenvalue weighted by Gasteiger charge is -2.14. The van der Waals surface area contributed by atoms with Gasteiger partial charge in [-0.3, -0.25) is 4.79 Å². The molecule has 0 saturated heterocycles. The largest absolute Gasteiger partial charge is 0.330 e. The zero-order valence-electron chi connectivity index (χ0n) is 12.9. The Hall–Kier alpha value is -0.940. The van der Waals surface area contributed by atoms with Crippen LogP contribution in [0.5, 0.6) is 0 Å². The maximum atomic E-state index is 12.0. The van der Waals surface area contributed by atoms with Gasteiger partial charge in [0.25, 0.3) is 0 Å². The molecule has 1 rings (SSSR count). The number of anilines is 1. The molecule has 1 aromatic rings. The van der Waals surface area contributed by atoms with Crippen LogP contribution >= 0.6 is 11.3 Å². The molecular weight excluding hydrogens is 270 g/mol. The summed E-state index contributed by atoms with van der Waals surface area (Å²) in [6.45, 7) is 7.01. The topological polar surface area (TPSA) is 68.0 Å². The van der Waals surface area contributed by atoms with E-state index >= 15 is 0 Å². The van der Waals surface area contributed by atoms with Crippen LogP contribution in [0.15, 0.2) is 0 Å². The van der Waals surface area contributed by atoms with Crippen molar-refractivity contribution in [2.45, 2.75) is 59.3 Å². The fourth-order valence-electron chi connectivity index (χ4n) is 2.40. The molecule has 3 N–H and O–H groups in total. The molecule has 0 aromatic carbocycles. The molecule has 1 heterocycles. The molecule has 1 aromatic heterocycles. The van der Waals surface area contributed by atoms with E-state index in [4.69, 9.17) is 5.73 Å². The van der Waals surface area contributed by atoms with Gasteiger partial charge >= 0.3 is 0 Å². The first-order valence-electron chi connectivity index (χ1n) is 7.56. The van der Waals surface area contributed by atoms with Gasteiger partial charge in [0.1, 0.15) is 0 Å². The summed E-state index contributed by atoms with van der Waals surface area (Å²) in [5.74, 6) is 0.638. The first kappa shape index (κ1) is 17.1. The van der Waals surface area contributed by atoms with E-state index in [0.29, 0.717) is 18.9 Å². The number of nitrogens with zero attached hydrogens (tertiary/aromatic N) is 1. The highest BCUT2D eigenvalue weighted by molar-refractivity contribution is 7.15. The number of thiazole rings is 1. The number of nitrogens with two attached hydrogens (primary N) is 1. The molecule has 0 spiro atoms. The Balaban J connectivity index is 2.42. The fraction of sp³-hybridized carbons (Fsp3) is 0.733. The van der Waals surface area contributed by atoms with Crippen LogP contribution in [0.2, 0.25) is 0 Å². The van der Waals surface area contributed by atoms with Crippen molar-refractivity contribution < 1.29 is 4.79 Å². The van der Waals surface area contributed by atoms with Gasteiger partial charge < -0.3 is 11.1 Å². The Bertz CT molecular complexity index is 411. The van der Waals surface area contributed by atoms with Crippen LogP contribution in [-0.2, 0) is 11.2 Å². The van der Waals surface area contributed by atoms with Crippen molar-refractivity contribution in [2.75, 3.05) is 11.9 Å². The van der Waals surface area contributed by atoms with Crippen molar-refractivity contribution >= 4 is 22.4 Å². The summed E-state index contributed by atoms with van der Waals surface area (Å²) >= 11 is 1.56. The molecule has 0 radical (unpaired) electrons. The molecule has 20 heavy (non-hydrogen) atoms. The average molecular weight is 297 g/mol. The van der Waals surface area contributed by atoms with Crippen molar-refractivity contribution in [1.29, 1.82) is 0 Å². The van der Waals surface area contributed by atoms with Gasteiger partial charge in [-0.1, -0.05) is 26.7 Å². The molecule has 1 amide bonds. The second-order valence-electron chi connectivity index (χ2n) is 5.19. The molecular formula is C15H27N3OS. The van der Waals surface area contributed by atoms with E-state index in [0.717, 1.165) is 42.9 Å². The summed E-state index contributed by atoms with van der Waals surface area (Å²) < 4.78 is 0. The summed E-state index contributed by atoms with van der Waals surface area (Å²) in [6.07, 6.45) is 5.70. The highest BCUT2D eigenvalue weighted by Gasteiger charge is 2.12. The predicted molar refractivity (Wildman–Crippen MR) is 86.2 cm³/mol. The fourth-order valence-corrected chi connectivity index (χ4v) is 3.32. The van der Waals surface area contributed by atoms with Crippen LogP contribution in [0, 0.1) is 12.8 Å². The van der Waals surface area contributed by atoms with Crippen LogP contribution in [0.4, 0.5) is 5.13 Å². The Morgan fingerprint density at radius 2 is 2.10 bits per heavy atom. The quantitative estimate of drug-likeness (QED) is 0.733. The smallest absolute Gasteiger partial charge is 0.226 e. The molecule has 0 saturated carbocycles. The lowest BCUT2D eigenvalue weighted by atomic mass is 9.94. The maximum absolute atomic E-state index is 12.0. The lowest BCUT2D eigenvalue weighted by Crippen LogP contribution is -2.15. The van der Waals surface area contributed by atoms with Crippen LogP contribution in [0.25, 0.3) is 0 Å². The van der Waals surface area contributed by atoms with E-state index in [1.807, 2.05) is 6.92 Å². The number of carbonyl (C=O) groups is 1. The Labute approximate surface area is 126 Å². The summed E-state index contributed by atoms with van der Waals surface area (Å²) in [4.78, 5) is 17.6. The van der Waals surface area contributed by atoms with Gasteiger partial charge in [0.2, 0.25) is 5.91 Å². The van der Waals surface area contributed by atoms with Crippen LogP contribution in [0.3, 0.4) is 0 Å². The zero-order valence-corrected chi connectivity index (χ0v) is 13.7. The third-order valence-electron chi connectivity index (χ3n) is 3.53. The van der Waals surface area contributed by atoms with Crippen molar-refractivity contribution in [3.05, 3.63) is 10.6 Å². The van der Waals surface area contributed by atoms with Gasteiger partial charge in [0.05, 0.1) is 5.69 Å². The standard InChI is InChI=1S/C15H27N3OS/c1-4-6-12(9-10-16)7-8-14(19)18-15-17-13(5-2)11(3)20-15/h12H,4-10,16H2,1-3H3,(H,17,18,19). The van der Waals surface area contributed by atoms with Gasteiger partial charge in [0.15, 0.2) is 5.13 Å². The number of hydrogen-bond acceptors (Lipinski definition) is 4. The van der Waals surface area contributed by atoms with Gasteiger partial charge in [-0.25, -0.2) is 4.98 Å². The minimum absolute atomic E-state index is 0.0690. The first-order chi connectivity index (χ1) is 9.60.